The predicted molar refractivity (Wildman–Crippen MR) is 70.1 cm³/mol. The highest BCUT2D eigenvalue weighted by Gasteiger charge is 2.31. The van der Waals surface area contributed by atoms with Gasteiger partial charge >= 0.3 is 0 Å². The zero-order valence-corrected chi connectivity index (χ0v) is 10.9. The predicted octanol–water partition coefficient (Wildman–Crippen LogP) is 1.74. The fourth-order valence-electron chi connectivity index (χ4n) is 2.70. The minimum absolute atomic E-state index is 0.734. The first-order chi connectivity index (χ1) is 8.92. The van der Waals surface area contributed by atoms with Crippen molar-refractivity contribution < 1.29 is 0 Å². The smallest absolute Gasteiger partial charge is 0.208 e. The molecule has 5 nitrogen and oxygen atoms in total. The summed E-state index contributed by atoms with van der Waals surface area (Å²) in [5.41, 5.74) is 5.95. The molecule has 18 heavy (non-hydrogen) atoms. The maximum atomic E-state index is 4.52. The molecule has 0 bridgehead atoms. The summed E-state index contributed by atoms with van der Waals surface area (Å²) < 4.78 is 0. The number of anilines is 1. The summed E-state index contributed by atoms with van der Waals surface area (Å²) in [4.78, 5) is 2.34. The lowest BCUT2D eigenvalue weighted by atomic mass is 10.1. The van der Waals surface area contributed by atoms with E-state index in [2.05, 4.69) is 25.3 Å². The van der Waals surface area contributed by atoms with Gasteiger partial charge in [0.1, 0.15) is 5.51 Å². The molecule has 6 heteroatoms. The van der Waals surface area contributed by atoms with E-state index in [-0.39, 0.29) is 0 Å². The van der Waals surface area contributed by atoms with E-state index < -0.39 is 0 Å². The molecule has 2 aromatic rings. The van der Waals surface area contributed by atoms with E-state index in [0.717, 1.165) is 37.0 Å². The van der Waals surface area contributed by atoms with Crippen molar-refractivity contribution in [2.45, 2.75) is 31.6 Å². The van der Waals surface area contributed by atoms with Crippen LogP contribution in [-0.2, 0) is 12.8 Å². The summed E-state index contributed by atoms with van der Waals surface area (Å²) in [5.74, 6) is 0.734. The molecule has 94 valence electrons. The quantitative estimate of drug-likeness (QED) is 0.894. The molecule has 1 aliphatic heterocycles. The normalized spacial score (nSPS) is 19.7. The summed E-state index contributed by atoms with van der Waals surface area (Å²) in [6.07, 6.45) is 4.75. The fourth-order valence-corrected chi connectivity index (χ4v) is 3.31. The minimum atomic E-state index is 0.734. The van der Waals surface area contributed by atoms with Crippen LogP contribution in [-0.4, -0.2) is 33.5 Å². The van der Waals surface area contributed by atoms with Crippen LogP contribution < -0.4 is 4.90 Å². The fraction of sp³-hybridized carbons (Fsp3) is 0.583. The van der Waals surface area contributed by atoms with Crippen LogP contribution in [0, 0.1) is 0 Å². The van der Waals surface area contributed by atoms with Gasteiger partial charge in [0.25, 0.3) is 0 Å². The molecular formula is C12H15N5S. The van der Waals surface area contributed by atoms with E-state index in [1.165, 1.54) is 29.8 Å². The van der Waals surface area contributed by atoms with Crippen LogP contribution in [0.5, 0.6) is 0 Å². The number of nitrogens with zero attached hydrogens (tertiary/aromatic N) is 4. The van der Waals surface area contributed by atoms with E-state index >= 15 is 0 Å². The summed E-state index contributed by atoms with van der Waals surface area (Å²) in [6.45, 7) is 2.04. The molecular weight excluding hydrogens is 246 g/mol. The Hall–Kier alpha value is -1.43. The van der Waals surface area contributed by atoms with Crippen molar-refractivity contribution in [1.82, 2.24) is 20.4 Å². The highest BCUT2D eigenvalue weighted by atomic mass is 32.1. The number of aromatic nitrogens is 4. The van der Waals surface area contributed by atoms with Gasteiger partial charge in [-0.2, -0.15) is 5.10 Å². The first kappa shape index (κ1) is 10.5. The van der Waals surface area contributed by atoms with Crippen molar-refractivity contribution in [2.24, 2.45) is 0 Å². The lowest BCUT2D eigenvalue weighted by molar-refractivity contribution is 0.774. The van der Waals surface area contributed by atoms with E-state index in [9.17, 15) is 0 Å². The van der Waals surface area contributed by atoms with Gasteiger partial charge in [-0.05, 0) is 24.8 Å². The first-order valence-electron chi connectivity index (χ1n) is 6.49. The van der Waals surface area contributed by atoms with Crippen LogP contribution >= 0.6 is 11.3 Å². The summed E-state index contributed by atoms with van der Waals surface area (Å²) in [6, 6.07) is 0. The Balaban J connectivity index is 1.59. The average molecular weight is 261 g/mol. The number of hydrogen-bond acceptors (Lipinski definition) is 5. The number of hydrogen-bond donors (Lipinski definition) is 1. The zero-order valence-electron chi connectivity index (χ0n) is 10.1. The molecule has 0 unspecified atom stereocenters. The van der Waals surface area contributed by atoms with Gasteiger partial charge in [-0.3, -0.25) is 5.10 Å². The van der Waals surface area contributed by atoms with E-state index in [4.69, 9.17) is 0 Å². The lowest BCUT2D eigenvalue weighted by Crippen LogP contribution is -2.26. The van der Waals surface area contributed by atoms with E-state index in [1.807, 2.05) is 0 Å². The monoisotopic (exact) mass is 261 g/mol. The Morgan fingerprint density at radius 3 is 2.94 bits per heavy atom. The number of H-pyrrole nitrogens is 1. The maximum absolute atomic E-state index is 4.52. The third-order valence-corrected chi connectivity index (χ3v) is 4.58. The molecule has 0 spiro atoms. The number of fused-ring (bicyclic) bond motifs is 1. The standard InChI is InChI=1S/C12H15N5S/c1-2-8(1)11-9-3-5-17(12-16-13-7-18-12)6-4-10(9)14-15-11/h7-8H,1-6H2,(H,14,15). The van der Waals surface area contributed by atoms with Crippen LogP contribution in [0.25, 0.3) is 0 Å². The molecule has 0 amide bonds. The third-order valence-electron chi connectivity index (χ3n) is 3.83. The largest absolute Gasteiger partial charge is 0.346 e. The Bertz CT molecular complexity index is 543. The third kappa shape index (κ3) is 1.71. The Morgan fingerprint density at radius 2 is 2.17 bits per heavy atom. The van der Waals surface area contributed by atoms with Crippen LogP contribution in [0.1, 0.15) is 35.7 Å². The topological polar surface area (TPSA) is 57.7 Å². The van der Waals surface area contributed by atoms with Crippen molar-refractivity contribution in [3.8, 4) is 0 Å². The molecule has 1 fully saturated rings. The molecule has 0 saturated heterocycles. The molecule has 2 aromatic heterocycles. The van der Waals surface area contributed by atoms with Crippen LogP contribution in [0.4, 0.5) is 5.13 Å². The Kier molecular flexibility index (Phi) is 2.36. The molecule has 1 aliphatic carbocycles. The summed E-state index contributed by atoms with van der Waals surface area (Å²) in [7, 11) is 0. The van der Waals surface area contributed by atoms with Crippen LogP contribution in [0.3, 0.4) is 0 Å². The van der Waals surface area contributed by atoms with Crippen molar-refractivity contribution in [3.63, 3.8) is 0 Å². The van der Waals surface area contributed by atoms with E-state index in [1.54, 1.807) is 16.8 Å². The highest BCUT2D eigenvalue weighted by molar-refractivity contribution is 7.13. The SMILES string of the molecule is c1nnc(N2CCc3[nH]nc(C4CC4)c3CC2)s1. The summed E-state index contributed by atoms with van der Waals surface area (Å²) in [5, 5.41) is 16.9. The van der Waals surface area contributed by atoms with Crippen LogP contribution in [0.15, 0.2) is 5.51 Å². The van der Waals surface area contributed by atoms with Crippen molar-refractivity contribution >= 4 is 16.5 Å². The van der Waals surface area contributed by atoms with Gasteiger partial charge in [0.05, 0.1) is 5.69 Å². The van der Waals surface area contributed by atoms with Crippen molar-refractivity contribution in [1.29, 1.82) is 0 Å². The number of aromatic amines is 1. The Morgan fingerprint density at radius 1 is 1.28 bits per heavy atom. The average Bonchev–Trinajstić information content (AvgIpc) is 3.01. The first-order valence-corrected chi connectivity index (χ1v) is 7.37. The molecule has 1 N–H and O–H groups in total. The van der Waals surface area contributed by atoms with Gasteiger partial charge in [-0.15, -0.1) is 10.2 Å². The second-order valence-corrected chi connectivity index (χ2v) is 5.86. The van der Waals surface area contributed by atoms with Crippen molar-refractivity contribution in [3.05, 3.63) is 22.5 Å². The molecule has 0 atom stereocenters. The summed E-state index contributed by atoms with van der Waals surface area (Å²) >= 11 is 1.62. The maximum Gasteiger partial charge on any atom is 0.208 e. The molecule has 2 aliphatic rings. The molecule has 3 heterocycles. The van der Waals surface area contributed by atoms with Gasteiger partial charge < -0.3 is 4.90 Å². The molecule has 0 radical (unpaired) electrons. The lowest BCUT2D eigenvalue weighted by Gasteiger charge is -2.17. The highest BCUT2D eigenvalue weighted by Crippen LogP contribution is 2.41. The zero-order chi connectivity index (χ0) is 11.9. The van der Waals surface area contributed by atoms with Crippen LogP contribution in [0.2, 0.25) is 0 Å². The second kappa shape index (κ2) is 4.05. The Labute approximate surface area is 109 Å². The second-order valence-electron chi connectivity index (χ2n) is 5.05. The molecule has 0 aromatic carbocycles. The van der Waals surface area contributed by atoms with Gasteiger partial charge in [0.15, 0.2) is 0 Å². The van der Waals surface area contributed by atoms with Gasteiger partial charge in [-0.25, -0.2) is 0 Å². The van der Waals surface area contributed by atoms with Gasteiger partial charge in [0, 0.05) is 31.1 Å². The number of nitrogens with one attached hydrogen (secondary N) is 1. The van der Waals surface area contributed by atoms with E-state index in [0.29, 0.717) is 0 Å². The molecule has 1 saturated carbocycles. The van der Waals surface area contributed by atoms with Gasteiger partial charge in [0.2, 0.25) is 5.13 Å². The van der Waals surface area contributed by atoms with Crippen molar-refractivity contribution in [2.75, 3.05) is 18.0 Å². The minimum Gasteiger partial charge on any atom is -0.346 e. The van der Waals surface area contributed by atoms with Gasteiger partial charge in [-0.1, -0.05) is 11.3 Å². The number of rotatable bonds is 2. The molecule has 4 rings (SSSR count).